The number of carboxylic acid groups (broad SMARTS) is 1. The Bertz CT molecular complexity index is 904. The summed E-state index contributed by atoms with van der Waals surface area (Å²) in [7, 11) is -2.03. The van der Waals surface area contributed by atoms with Gasteiger partial charge in [-0.2, -0.15) is 4.31 Å². The Morgan fingerprint density at radius 3 is 2.33 bits per heavy atom. The fourth-order valence-corrected chi connectivity index (χ4v) is 4.61. The zero-order chi connectivity index (χ0) is 19.4. The van der Waals surface area contributed by atoms with Gasteiger partial charge in [0.05, 0.1) is 18.4 Å². The number of rotatable bonds is 6. The van der Waals surface area contributed by atoms with Crippen molar-refractivity contribution in [3.05, 3.63) is 54.1 Å². The number of hydrogen-bond donors (Lipinski definition) is 1. The van der Waals surface area contributed by atoms with Crippen molar-refractivity contribution in [2.24, 2.45) is 0 Å². The molecule has 1 fully saturated rings. The fourth-order valence-electron chi connectivity index (χ4n) is 3.12. The van der Waals surface area contributed by atoms with Crippen molar-refractivity contribution in [3.63, 3.8) is 0 Å². The van der Waals surface area contributed by atoms with Crippen LogP contribution in [0.4, 0.5) is 5.69 Å². The maximum atomic E-state index is 12.9. The number of ether oxygens (including phenoxy) is 1. The summed E-state index contributed by atoms with van der Waals surface area (Å²) in [5.74, 6) is -0.209. The number of hydrogen-bond acceptors (Lipinski definition) is 5. The number of methoxy groups -OCH3 is 1. The number of anilines is 1. The first kappa shape index (κ1) is 19.2. The van der Waals surface area contributed by atoms with Gasteiger partial charge in [0.25, 0.3) is 0 Å². The molecule has 2 aromatic rings. The fraction of sp³-hybridized carbons (Fsp3) is 0.316. The van der Waals surface area contributed by atoms with E-state index >= 15 is 0 Å². The zero-order valence-electron chi connectivity index (χ0n) is 15.0. The van der Waals surface area contributed by atoms with Gasteiger partial charge in [-0.3, -0.25) is 4.79 Å². The molecule has 0 aliphatic carbocycles. The summed E-state index contributed by atoms with van der Waals surface area (Å²) in [5, 5.41) is 8.91. The summed E-state index contributed by atoms with van der Waals surface area (Å²) in [6.45, 7) is 1.91. The Morgan fingerprint density at radius 2 is 1.74 bits per heavy atom. The van der Waals surface area contributed by atoms with E-state index < -0.39 is 16.0 Å². The molecule has 27 heavy (non-hydrogen) atoms. The Hall–Kier alpha value is -2.58. The lowest BCUT2D eigenvalue weighted by Gasteiger charge is -2.35. The van der Waals surface area contributed by atoms with E-state index in [4.69, 9.17) is 9.84 Å². The second-order valence-corrected chi connectivity index (χ2v) is 8.25. The van der Waals surface area contributed by atoms with E-state index in [2.05, 4.69) is 4.90 Å². The minimum atomic E-state index is -3.64. The van der Waals surface area contributed by atoms with Crippen LogP contribution in [0.25, 0.3) is 0 Å². The monoisotopic (exact) mass is 390 g/mol. The van der Waals surface area contributed by atoms with Gasteiger partial charge >= 0.3 is 5.97 Å². The lowest BCUT2D eigenvalue weighted by atomic mass is 10.2. The third-order valence-electron chi connectivity index (χ3n) is 4.57. The zero-order valence-corrected chi connectivity index (χ0v) is 15.9. The summed E-state index contributed by atoms with van der Waals surface area (Å²) in [4.78, 5) is 13.1. The second kappa shape index (κ2) is 7.98. The highest BCUT2D eigenvalue weighted by molar-refractivity contribution is 7.89. The molecular formula is C19H22N2O5S. The van der Waals surface area contributed by atoms with Crippen molar-refractivity contribution in [1.29, 1.82) is 0 Å². The molecule has 0 aromatic heterocycles. The molecule has 8 heteroatoms. The topological polar surface area (TPSA) is 87.2 Å². The van der Waals surface area contributed by atoms with Crippen LogP contribution in [0.1, 0.15) is 5.56 Å². The van der Waals surface area contributed by atoms with Crippen LogP contribution in [0.15, 0.2) is 53.4 Å². The molecule has 1 saturated heterocycles. The van der Waals surface area contributed by atoms with Gasteiger partial charge in [-0.1, -0.05) is 12.1 Å². The number of nitrogens with zero attached hydrogens (tertiary/aromatic N) is 2. The van der Waals surface area contributed by atoms with Crippen LogP contribution in [0, 0.1) is 0 Å². The van der Waals surface area contributed by atoms with Crippen LogP contribution in [0.3, 0.4) is 0 Å². The highest BCUT2D eigenvalue weighted by Gasteiger charge is 2.28. The number of carboxylic acids is 1. The Kier molecular flexibility index (Phi) is 5.67. The van der Waals surface area contributed by atoms with Crippen LogP contribution in [-0.2, 0) is 21.2 Å². The SMILES string of the molecule is COc1ccc(N2CCN(S(=O)(=O)c3cccc(CC(=O)O)c3)CC2)cc1. The number of sulfonamides is 1. The van der Waals surface area contributed by atoms with Crippen molar-refractivity contribution in [3.8, 4) is 5.75 Å². The van der Waals surface area contributed by atoms with Gasteiger partial charge < -0.3 is 14.7 Å². The van der Waals surface area contributed by atoms with Crippen LogP contribution >= 0.6 is 0 Å². The van der Waals surface area contributed by atoms with Gasteiger partial charge in [0.2, 0.25) is 10.0 Å². The highest BCUT2D eigenvalue weighted by atomic mass is 32.2. The van der Waals surface area contributed by atoms with E-state index in [1.807, 2.05) is 24.3 Å². The molecule has 1 heterocycles. The summed E-state index contributed by atoms with van der Waals surface area (Å²) in [6.07, 6.45) is -0.200. The molecule has 2 aromatic carbocycles. The Balaban J connectivity index is 1.70. The molecule has 1 aliphatic heterocycles. The van der Waals surface area contributed by atoms with Crippen LogP contribution < -0.4 is 9.64 Å². The molecule has 0 bridgehead atoms. The summed E-state index contributed by atoms with van der Waals surface area (Å²) in [5.41, 5.74) is 1.50. The summed E-state index contributed by atoms with van der Waals surface area (Å²) in [6, 6.07) is 13.8. The van der Waals surface area contributed by atoms with E-state index in [0.29, 0.717) is 31.7 Å². The van der Waals surface area contributed by atoms with E-state index in [0.717, 1.165) is 11.4 Å². The molecule has 3 rings (SSSR count). The predicted octanol–water partition coefficient (Wildman–Crippen LogP) is 1.83. The van der Waals surface area contributed by atoms with Crippen LogP contribution in [0.2, 0.25) is 0 Å². The molecule has 0 saturated carbocycles. The lowest BCUT2D eigenvalue weighted by molar-refractivity contribution is -0.136. The van der Waals surface area contributed by atoms with E-state index in [1.54, 1.807) is 19.2 Å². The van der Waals surface area contributed by atoms with Gasteiger partial charge in [-0.25, -0.2) is 8.42 Å². The van der Waals surface area contributed by atoms with E-state index in [9.17, 15) is 13.2 Å². The molecule has 0 atom stereocenters. The first-order valence-electron chi connectivity index (χ1n) is 8.60. The molecule has 0 spiro atoms. The minimum Gasteiger partial charge on any atom is -0.497 e. The average molecular weight is 390 g/mol. The van der Waals surface area contributed by atoms with Crippen molar-refractivity contribution in [2.45, 2.75) is 11.3 Å². The quantitative estimate of drug-likeness (QED) is 0.810. The van der Waals surface area contributed by atoms with Crippen molar-refractivity contribution >= 4 is 21.7 Å². The molecule has 144 valence electrons. The normalized spacial score (nSPS) is 15.5. The van der Waals surface area contributed by atoms with E-state index in [1.165, 1.54) is 16.4 Å². The molecule has 7 nitrogen and oxygen atoms in total. The summed E-state index contributed by atoms with van der Waals surface area (Å²) < 4.78 is 32.4. The van der Waals surface area contributed by atoms with Gasteiger partial charge in [0.15, 0.2) is 0 Å². The standard InChI is InChI=1S/C19H22N2O5S/c1-26-17-7-5-16(6-8-17)20-9-11-21(12-10-20)27(24,25)18-4-2-3-15(13-18)14-19(22)23/h2-8,13H,9-12,14H2,1H3,(H,22,23). The van der Waals surface area contributed by atoms with Crippen LogP contribution in [0.5, 0.6) is 5.75 Å². The first-order valence-corrected chi connectivity index (χ1v) is 10.0. The maximum absolute atomic E-state index is 12.9. The maximum Gasteiger partial charge on any atom is 0.307 e. The van der Waals surface area contributed by atoms with Gasteiger partial charge in [-0.15, -0.1) is 0 Å². The third-order valence-corrected chi connectivity index (χ3v) is 6.46. The minimum absolute atomic E-state index is 0.138. The Morgan fingerprint density at radius 1 is 1.07 bits per heavy atom. The molecule has 0 amide bonds. The third kappa shape index (κ3) is 4.40. The van der Waals surface area contributed by atoms with Crippen LogP contribution in [-0.4, -0.2) is 57.1 Å². The van der Waals surface area contributed by atoms with Crippen molar-refractivity contribution in [2.75, 3.05) is 38.2 Å². The average Bonchev–Trinajstić information content (AvgIpc) is 2.68. The first-order chi connectivity index (χ1) is 12.9. The highest BCUT2D eigenvalue weighted by Crippen LogP contribution is 2.23. The lowest BCUT2D eigenvalue weighted by Crippen LogP contribution is -2.48. The number of benzene rings is 2. The molecular weight excluding hydrogens is 368 g/mol. The number of carbonyl (C=O) groups is 1. The van der Waals surface area contributed by atoms with Gasteiger partial charge in [0.1, 0.15) is 5.75 Å². The smallest absolute Gasteiger partial charge is 0.307 e. The predicted molar refractivity (Wildman–Crippen MR) is 102 cm³/mol. The number of aliphatic carboxylic acids is 1. The largest absolute Gasteiger partial charge is 0.497 e. The van der Waals surface area contributed by atoms with Gasteiger partial charge in [-0.05, 0) is 42.0 Å². The Labute approximate surface area is 158 Å². The number of piperazine rings is 1. The van der Waals surface area contributed by atoms with Gasteiger partial charge in [0, 0.05) is 31.9 Å². The molecule has 1 aliphatic rings. The molecule has 0 unspecified atom stereocenters. The van der Waals surface area contributed by atoms with E-state index in [-0.39, 0.29) is 11.3 Å². The van der Waals surface area contributed by atoms with Crippen molar-refractivity contribution in [1.82, 2.24) is 4.31 Å². The second-order valence-electron chi connectivity index (χ2n) is 6.31. The van der Waals surface area contributed by atoms with Crippen molar-refractivity contribution < 1.29 is 23.1 Å². The molecule has 1 N–H and O–H groups in total. The molecule has 0 radical (unpaired) electrons. The summed E-state index contributed by atoms with van der Waals surface area (Å²) >= 11 is 0.